The highest BCUT2D eigenvalue weighted by molar-refractivity contribution is 6.00. The number of benzene rings is 2. The lowest BCUT2D eigenvalue weighted by Crippen LogP contribution is -2.33. The monoisotopic (exact) mass is 396 g/mol. The Morgan fingerprint density at radius 1 is 1.04 bits per heavy atom. The molecular formula is C17H15F3N4O4. The van der Waals surface area contributed by atoms with E-state index in [1.807, 2.05) is 0 Å². The van der Waals surface area contributed by atoms with E-state index in [0.29, 0.717) is 0 Å². The molecule has 8 nitrogen and oxygen atoms in total. The summed E-state index contributed by atoms with van der Waals surface area (Å²) in [6.07, 6.45) is -4.43. The van der Waals surface area contributed by atoms with E-state index < -0.39 is 36.0 Å². The van der Waals surface area contributed by atoms with Crippen LogP contribution in [0.3, 0.4) is 0 Å². The number of nitrogens with zero attached hydrogens (tertiary/aromatic N) is 1. The van der Waals surface area contributed by atoms with Gasteiger partial charge in [0.1, 0.15) is 6.54 Å². The van der Waals surface area contributed by atoms with Gasteiger partial charge in [-0.2, -0.15) is 13.2 Å². The quantitative estimate of drug-likeness (QED) is 0.492. The van der Waals surface area contributed by atoms with E-state index in [9.17, 15) is 32.9 Å². The number of hydrogen-bond acceptors (Lipinski definition) is 5. The van der Waals surface area contributed by atoms with E-state index in [2.05, 4.69) is 16.0 Å². The number of nitrogens with one attached hydrogen (secondary N) is 3. The highest BCUT2D eigenvalue weighted by Crippen LogP contribution is 2.23. The van der Waals surface area contributed by atoms with Crippen LogP contribution in [-0.4, -0.2) is 36.0 Å². The molecule has 2 aromatic carbocycles. The van der Waals surface area contributed by atoms with Crippen molar-refractivity contribution in [3.05, 3.63) is 64.2 Å². The lowest BCUT2D eigenvalue weighted by molar-refractivity contribution is -0.384. The Morgan fingerprint density at radius 3 is 2.36 bits per heavy atom. The highest BCUT2D eigenvalue weighted by Gasteiger charge is 2.27. The number of nitro benzene ring substituents is 1. The fourth-order valence-electron chi connectivity index (χ4n) is 2.16. The first-order valence-electron chi connectivity index (χ1n) is 7.88. The molecule has 3 N–H and O–H groups in total. The first-order valence-corrected chi connectivity index (χ1v) is 7.88. The first kappa shape index (κ1) is 20.7. The van der Waals surface area contributed by atoms with Crippen LogP contribution in [0, 0.1) is 10.1 Å². The number of alkyl halides is 3. The predicted molar refractivity (Wildman–Crippen MR) is 95.0 cm³/mol. The highest BCUT2D eigenvalue weighted by atomic mass is 19.4. The van der Waals surface area contributed by atoms with Crippen LogP contribution in [0.4, 0.5) is 30.2 Å². The van der Waals surface area contributed by atoms with Crippen LogP contribution in [0.15, 0.2) is 48.5 Å². The lowest BCUT2D eigenvalue weighted by Gasteiger charge is -2.14. The Morgan fingerprint density at radius 2 is 1.71 bits per heavy atom. The van der Waals surface area contributed by atoms with Gasteiger partial charge in [0.15, 0.2) is 0 Å². The minimum Gasteiger partial charge on any atom is -0.375 e. The number of carbonyl (C=O) groups is 2. The Bertz CT molecular complexity index is 887. The molecular weight excluding hydrogens is 381 g/mol. The summed E-state index contributed by atoms with van der Waals surface area (Å²) >= 11 is 0. The van der Waals surface area contributed by atoms with Gasteiger partial charge in [-0.15, -0.1) is 0 Å². The normalized spacial score (nSPS) is 10.8. The lowest BCUT2D eigenvalue weighted by atomic mass is 10.2. The molecule has 0 aliphatic rings. The van der Waals surface area contributed by atoms with Gasteiger partial charge in [0.25, 0.3) is 11.6 Å². The average molecular weight is 396 g/mol. The Balaban J connectivity index is 1.95. The standard InChI is InChI=1S/C17H15F3N4O4/c18-17(19,20)10-22-13-6-1-2-7-14(13)23-15(25)9-21-16(26)11-4-3-5-12(8-11)24(27)28/h1-8,22H,9-10H2,(H,21,26)(H,23,25). The third-order valence-electron chi connectivity index (χ3n) is 3.41. The summed E-state index contributed by atoms with van der Waals surface area (Å²) in [7, 11) is 0. The predicted octanol–water partition coefficient (Wildman–Crippen LogP) is 2.94. The minimum atomic E-state index is -4.43. The summed E-state index contributed by atoms with van der Waals surface area (Å²) in [5.74, 6) is -1.39. The molecule has 0 aliphatic carbocycles. The molecule has 0 heterocycles. The Kier molecular flexibility index (Phi) is 6.53. The van der Waals surface area contributed by atoms with Crippen LogP contribution in [0.5, 0.6) is 0 Å². The van der Waals surface area contributed by atoms with Crippen molar-refractivity contribution in [2.24, 2.45) is 0 Å². The van der Waals surface area contributed by atoms with Crippen LogP contribution in [-0.2, 0) is 4.79 Å². The van der Waals surface area contributed by atoms with Crippen molar-refractivity contribution in [1.82, 2.24) is 5.32 Å². The number of hydrogen-bond donors (Lipinski definition) is 3. The second-order valence-corrected chi connectivity index (χ2v) is 5.55. The van der Waals surface area contributed by atoms with E-state index in [-0.39, 0.29) is 22.6 Å². The fourth-order valence-corrected chi connectivity index (χ4v) is 2.16. The molecule has 148 valence electrons. The zero-order chi connectivity index (χ0) is 20.7. The number of anilines is 2. The summed E-state index contributed by atoms with van der Waals surface area (Å²) in [6, 6.07) is 10.7. The second kappa shape index (κ2) is 8.84. The van der Waals surface area contributed by atoms with E-state index in [1.165, 1.54) is 42.5 Å². The minimum absolute atomic E-state index is 0.00533. The molecule has 0 spiro atoms. The van der Waals surface area contributed by atoms with Crippen LogP contribution < -0.4 is 16.0 Å². The second-order valence-electron chi connectivity index (χ2n) is 5.55. The number of rotatable bonds is 7. The van der Waals surface area contributed by atoms with Crippen molar-refractivity contribution >= 4 is 28.9 Å². The summed E-state index contributed by atoms with van der Waals surface area (Å²) in [6.45, 7) is -1.75. The van der Waals surface area contributed by atoms with Crippen molar-refractivity contribution in [1.29, 1.82) is 0 Å². The van der Waals surface area contributed by atoms with Gasteiger partial charge in [0, 0.05) is 17.7 Å². The van der Waals surface area contributed by atoms with Crippen LogP contribution in [0.2, 0.25) is 0 Å². The molecule has 0 atom stereocenters. The molecule has 0 fully saturated rings. The van der Waals surface area contributed by atoms with Gasteiger partial charge in [-0.25, -0.2) is 0 Å². The molecule has 0 radical (unpaired) electrons. The number of halogens is 3. The number of non-ortho nitro benzene ring substituents is 1. The van der Waals surface area contributed by atoms with Crippen molar-refractivity contribution in [2.75, 3.05) is 23.7 Å². The maximum absolute atomic E-state index is 12.3. The summed E-state index contributed by atoms with van der Waals surface area (Å²) in [5, 5.41) is 17.6. The molecule has 0 aromatic heterocycles. The van der Waals surface area contributed by atoms with Crippen LogP contribution in [0.1, 0.15) is 10.4 Å². The van der Waals surface area contributed by atoms with Crippen molar-refractivity contribution < 1.29 is 27.7 Å². The molecule has 11 heteroatoms. The number of para-hydroxylation sites is 2. The van der Waals surface area contributed by atoms with Gasteiger partial charge >= 0.3 is 6.18 Å². The Hall–Kier alpha value is -3.63. The molecule has 2 rings (SSSR count). The van der Waals surface area contributed by atoms with E-state index in [4.69, 9.17) is 0 Å². The first-order chi connectivity index (χ1) is 13.2. The van der Waals surface area contributed by atoms with Gasteiger partial charge in [0.05, 0.1) is 22.8 Å². The average Bonchev–Trinajstić information content (AvgIpc) is 2.65. The van der Waals surface area contributed by atoms with E-state index >= 15 is 0 Å². The molecule has 0 saturated carbocycles. The number of carbonyl (C=O) groups excluding carboxylic acids is 2. The van der Waals surface area contributed by atoms with Crippen LogP contribution >= 0.6 is 0 Å². The smallest absolute Gasteiger partial charge is 0.375 e. The zero-order valence-corrected chi connectivity index (χ0v) is 14.2. The van der Waals surface area contributed by atoms with Gasteiger partial charge < -0.3 is 16.0 Å². The summed E-state index contributed by atoms with van der Waals surface area (Å²) < 4.78 is 37.0. The van der Waals surface area contributed by atoms with Crippen molar-refractivity contribution in [2.45, 2.75) is 6.18 Å². The third kappa shape index (κ3) is 6.27. The number of amides is 2. The van der Waals surface area contributed by atoms with Crippen molar-refractivity contribution in [3.63, 3.8) is 0 Å². The van der Waals surface area contributed by atoms with Gasteiger partial charge in [-0.3, -0.25) is 19.7 Å². The van der Waals surface area contributed by atoms with E-state index in [0.717, 1.165) is 6.07 Å². The molecule has 0 aliphatic heterocycles. The van der Waals surface area contributed by atoms with E-state index in [1.54, 1.807) is 0 Å². The molecule has 0 unspecified atom stereocenters. The van der Waals surface area contributed by atoms with Gasteiger partial charge in [-0.1, -0.05) is 18.2 Å². The molecule has 28 heavy (non-hydrogen) atoms. The number of nitro groups is 1. The van der Waals surface area contributed by atoms with Gasteiger partial charge in [0.2, 0.25) is 5.91 Å². The SMILES string of the molecule is O=C(CNC(=O)c1cccc([N+](=O)[O-])c1)Nc1ccccc1NCC(F)(F)F. The summed E-state index contributed by atoms with van der Waals surface area (Å²) in [4.78, 5) is 34.1. The third-order valence-corrected chi connectivity index (χ3v) is 3.41. The molecule has 0 bridgehead atoms. The largest absolute Gasteiger partial charge is 0.405 e. The molecule has 2 aromatic rings. The maximum atomic E-state index is 12.3. The zero-order valence-electron chi connectivity index (χ0n) is 14.2. The Labute approximate surface area is 156 Å². The molecule has 0 saturated heterocycles. The maximum Gasteiger partial charge on any atom is 0.405 e. The summed E-state index contributed by atoms with van der Waals surface area (Å²) in [5.41, 5.74) is -0.101. The van der Waals surface area contributed by atoms with Gasteiger partial charge in [-0.05, 0) is 18.2 Å². The fraction of sp³-hybridized carbons (Fsp3) is 0.176. The van der Waals surface area contributed by atoms with Crippen LogP contribution in [0.25, 0.3) is 0 Å². The molecule has 2 amide bonds. The van der Waals surface area contributed by atoms with Crippen molar-refractivity contribution in [3.8, 4) is 0 Å². The topological polar surface area (TPSA) is 113 Å².